The van der Waals surface area contributed by atoms with Crippen molar-refractivity contribution in [2.24, 2.45) is 5.16 Å². The third kappa shape index (κ3) is 20.7. The number of oxime groups is 1. The minimum absolute atomic E-state index is 0.272. The van der Waals surface area contributed by atoms with Crippen molar-refractivity contribution in [2.45, 2.75) is 174 Å². The zero-order valence-electron chi connectivity index (χ0n) is 33.6. The van der Waals surface area contributed by atoms with E-state index in [9.17, 15) is 8.42 Å². The van der Waals surface area contributed by atoms with E-state index in [-0.39, 0.29) is 6.42 Å². The maximum atomic E-state index is 12.9. The summed E-state index contributed by atoms with van der Waals surface area (Å²) < 4.78 is 77.0. The Balaban J connectivity index is 3.87. The summed E-state index contributed by atoms with van der Waals surface area (Å²) in [5, 5.41) is 4.61. The highest BCUT2D eigenvalue weighted by atomic mass is 32.3. The number of ether oxygens (including phenoxy) is 1. The Hall–Kier alpha value is 0.791. The fraction of sp³-hybridized carbons (Fsp3) is 0.966. The van der Waals surface area contributed by atoms with Gasteiger partial charge in [0.25, 0.3) is 0 Å². The summed E-state index contributed by atoms with van der Waals surface area (Å²) in [6, 6.07) is 0. The van der Waals surface area contributed by atoms with Crippen LogP contribution in [0.15, 0.2) is 5.16 Å². The van der Waals surface area contributed by atoms with Crippen LogP contribution >= 0.6 is 11.8 Å². The molecule has 5 atom stereocenters. The molecule has 48 heavy (non-hydrogen) atoms. The molecule has 0 amide bonds. The molecule has 1 saturated heterocycles. The van der Waals surface area contributed by atoms with Crippen molar-refractivity contribution in [3.8, 4) is 0 Å². The smallest absolute Gasteiger partial charge is 0.415 e. The van der Waals surface area contributed by atoms with Gasteiger partial charge in [-0.3, -0.25) is 3.87 Å². The summed E-state index contributed by atoms with van der Waals surface area (Å²) in [5.41, 5.74) is -1.31. The van der Waals surface area contributed by atoms with Crippen molar-refractivity contribution < 1.29 is 43.4 Å². The average molecular weight is 825 g/mol. The molecule has 0 aromatic heterocycles. The molecule has 0 aliphatic carbocycles. The molecule has 1 rings (SSSR count). The van der Waals surface area contributed by atoms with Crippen LogP contribution in [-0.4, -0.2) is 105 Å². The van der Waals surface area contributed by atoms with Gasteiger partial charge in [-0.05, 0) is 132 Å². The van der Waals surface area contributed by atoms with Gasteiger partial charge >= 0.3 is 10.4 Å². The summed E-state index contributed by atoms with van der Waals surface area (Å²) >= 11 is 1.29. The lowest BCUT2D eigenvalue weighted by Gasteiger charge is -2.51. The maximum absolute atomic E-state index is 12.9. The Morgan fingerprint density at radius 3 is 1.54 bits per heavy atom. The Morgan fingerprint density at radius 1 is 0.667 bits per heavy atom. The Bertz CT molecular complexity index is 1170. The molecule has 11 nitrogen and oxygen atoms in total. The highest BCUT2D eigenvalue weighted by Crippen LogP contribution is 2.40. The molecule has 0 radical (unpaired) electrons. The van der Waals surface area contributed by atoms with E-state index in [0.29, 0.717) is 11.7 Å². The lowest BCUT2D eigenvalue weighted by Crippen LogP contribution is -2.65. The van der Waals surface area contributed by atoms with Crippen LogP contribution < -0.4 is 0 Å². The zero-order chi connectivity index (χ0) is 37.9. The first-order valence-corrected chi connectivity index (χ1v) is 39.5. The largest absolute Gasteiger partial charge is 0.459 e. The number of nitrogens with zero attached hydrogens (tertiary/aromatic N) is 1. The Labute approximate surface area is 304 Å². The number of rotatable bonds is 18. The van der Waals surface area contributed by atoms with Crippen LogP contribution in [0.4, 0.5) is 0 Å². The van der Waals surface area contributed by atoms with Crippen LogP contribution in [0.3, 0.4) is 0 Å². The Morgan fingerprint density at radius 2 is 1.12 bits per heavy atom. The van der Waals surface area contributed by atoms with Gasteiger partial charge in [-0.2, -0.15) is 8.42 Å². The first-order valence-electron chi connectivity index (χ1n) is 16.9. The van der Waals surface area contributed by atoms with Crippen LogP contribution in [0, 0.1) is 0 Å². The molecular formula is C29H69NO10S2Si6. The van der Waals surface area contributed by atoms with E-state index in [2.05, 4.69) is 103 Å². The van der Waals surface area contributed by atoms with Gasteiger partial charge in [-0.15, -0.1) is 0 Å². The minimum atomic E-state index is -4.39. The highest BCUT2D eigenvalue weighted by molar-refractivity contribution is 8.14. The summed E-state index contributed by atoms with van der Waals surface area (Å²) in [5.74, 6) is 0. The van der Waals surface area contributed by atoms with Crippen LogP contribution in [0.2, 0.25) is 118 Å². The quantitative estimate of drug-likeness (QED) is 0.0574. The molecule has 0 bridgehead atoms. The van der Waals surface area contributed by atoms with E-state index in [1.807, 2.05) is 13.8 Å². The summed E-state index contributed by atoms with van der Waals surface area (Å²) in [6.07, 6.45) is -1.61. The number of hydrogen-bond donors (Lipinski definition) is 0. The van der Waals surface area contributed by atoms with E-state index < -0.39 is 95.8 Å². The normalized spacial score (nSPS) is 24.6. The van der Waals surface area contributed by atoms with Crippen molar-refractivity contribution in [2.75, 3.05) is 6.61 Å². The summed E-state index contributed by atoms with van der Waals surface area (Å²) in [6.45, 7) is 41.8. The maximum Gasteiger partial charge on any atom is 0.459 e. The average Bonchev–Trinajstić information content (AvgIpc) is 2.73. The van der Waals surface area contributed by atoms with Crippen molar-refractivity contribution in [3.05, 3.63) is 0 Å². The lowest BCUT2D eigenvalue weighted by atomic mass is 10.0. The topological polar surface area (TPSA) is 120 Å². The first kappa shape index (κ1) is 46.8. The van der Waals surface area contributed by atoms with Crippen LogP contribution in [0.25, 0.3) is 0 Å². The molecule has 1 aliphatic heterocycles. The van der Waals surface area contributed by atoms with Crippen molar-refractivity contribution >= 4 is 77.1 Å². The lowest BCUT2D eigenvalue weighted by molar-refractivity contribution is -0.188. The molecule has 0 spiro atoms. The number of thioether (sulfide) groups is 1. The van der Waals surface area contributed by atoms with Gasteiger partial charge in [0, 0.05) is 6.42 Å². The van der Waals surface area contributed by atoms with Crippen molar-refractivity contribution in [1.29, 1.82) is 0 Å². The number of hydrogen-bond acceptors (Lipinski definition) is 12. The molecule has 0 aromatic carbocycles. The second-order valence-electron chi connectivity index (χ2n) is 19.0. The second-order valence-corrected chi connectivity index (χ2v) is 48.3. The van der Waals surface area contributed by atoms with Gasteiger partial charge in [-0.25, -0.2) is 4.28 Å². The molecule has 1 heterocycles. The third-order valence-electron chi connectivity index (χ3n) is 5.73. The molecule has 0 N–H and O–H groups in total. The fourth-order valence-electron chi connectivity index (χ4n) is 4.93. The van der Waals surface area contributed by atoms with E-state index in [4.69, 9.17) is 35.0 Å². The molecule has 0 aromatic rings. The highest BCUT2D eigenvalue weighted by Gasteiger charge is 2.52. The summed E-state index contributed by atoms with van der Waals surface area (Å²) in [4.78, 5) is 0. The predicted octanol–water partition coefficient (Wildman–Crippen LogP) is 8.40. The molecule has 5 unspecified atom stereocenters. The van der Waals surface area contributed by atoms with E-state index in [1.54, 1.807) is 19.6 Å². The van der Waals surface area contributed by atoms with Gasteiger partial charge in [0.2, 0.25) is 8.32 Å². The van der Waals surface area contributed by atoms with Gasteiger partial charge in [0.15, 0.2) is 41.6 Å². The van der Waals surface area contributed by atoms with Gasteiger partial charge in [0.1, 0.15) is 34.9 Å². The molecule has 0 saturated carbocycles. The third-order valence-corrected chi connectivity index (χ3v) is 15.0. The monoisotopic (exact) mass is 823 g/mol. The van der Waals surface area contributed by atoms with Crippen LogP contribution in [0.5, 0.6) is 0 Å². The van der Waals surface area contributed by atoms with E-state index in [1.165, 1.54) is 11.8 Å². The van der Waals surface area contributed by atoms with Gasteiger partial charge in [0.05, 0.1) is 12.2 Å². The van der Waals surface area contributed by atoms with Crippen LogP contribution in [0.1, 0.15) is 20.3 Å². The fourth-order valence-corrected chi connectivity index (χ4v) is 14.8. The summed E-state index contributed by atoms with van der Waals surface area (Å²) in [7, 11) is -17.3. The molecular weight excluding hydrogens is 755 g/mol. The van der Waals surface area contributed by atoms with Crippen LogP contribution in [-0.2, 0) is 45.4 Å². The van der Waals surface area contributed by atoms with Crippen molar-refractivity contribution in [1.82, 2.24) is 0 Å². The second kappa shape index (κ2) is 16.9. The Kier molecular flexibility index (Phi) is 16.4. The van der Waals surface area contributed by atoms with E-state index in [0.717, 1.165) is 0 Å². The van der Waals surface area contributed by atoms with Gasteiger partial charge < -0.3 is 26.9 Å². The SMILES string of the molecule is CC(C)(CC(=NOS(=O)(=O)O[Si](C)(C)C)SC1OC(CO[Si](C)(C)C)C(O[Si](C)(C)C)C(O[Si](C)(C)C)C1O[Si](C)(C)C)O[Si](C)(C)C. The minimum Gasteiger partial charge on any atom is -0.415 e. The predicted molar refractivity (Wildman–Crippen MR) is 215 cm³/mol. The molecule has 286 valence electrons. The zero-order valence-corrected chi connectivity index (χ0v) is 41.3. The standard InChI is InChI=1S/C29H69NO10S2Si6/c1-29(2,38-47(15,16)17)21-24(30-39-42(31,32)40-48(18,19)20)41-28-27(37-46(12,13)14)26(36-45(9,10)11)25(35-44(6,7)8)23(34-28)22-33-43(3,4)5/h23,25-28H,21-22H2,1-20H3. The molecule has 1 aliphatic rings. The van der Waals surface area contributed by atoms with Gasteiger partial charge in [-0.1, -0.05) is 16.9 Å². The molecule has 1 fully saturated rings. The van der Waals surface area contributed by atoms with E-state index >= 15 is 0 Å². The molecule has 19 heteroatoms. The van der Waals surface area contributed by atoms with Crippen molar-refractivity contribution in [3.63, 3.8) is 0 Å². The first-order chi connectivity index (χ1) is 21.0.